The molecule has 4 N–H and O–H groups in total. The number of pyridine rings is 1. The maximum atomic E-state index is 9.27. The fraction of sp³-hybridized carbons (Fsp3) is 0.545. The SMILES string of the molecule is NNc1cc(CN2CCOCC2CO)ccn1. The number of nitrogens with zero attached hydrogens (tertiary/aromatic N) is 2. The quantitative estimate of drug-likeness (QED) is 0.487. The summed E-state index contributed by atoms with van der Waals surface area (Å²) in [6, 6.07) is 3.93. The summed E-state index contributed by atoms with van der Waals surface area (Å²) in [5.41, 5.74) is 3.64. The van der Waals surface area contributed by atoms with E-state index in [0.29, 0.717) is 19.0 Å². The van der Waals surface area contributed by atoms with Crippen LogP contribution in [0.5, 0.6) is 0 Å². The molecule has 1 aliphatic rings. The summed E-state index contributed by atoms with van der Waals surface area (Å²) in [6.07, 6.45) is 1.72. The molecule has 1 aromatic heterocycles. The number of nitrogens with two attached hydrogens (primary N) is 1. The average molecular weight is 238 g/mol. The second-order valence-electron chi connectivity index (χ2n) is 4.08. The Labute approximate surface area is 100 Å². The Hall–Kier alpha value is -1.21. The van der Waals surface area contributed by atoms with Gasteiger partial charge < -0.3 is 15.3 Å². The fourth-order valence-electron chi connectivity index (χ4n) is 1.95. The number of aliphatic hydroxyl groups is 1. The summed E-state index contributed by atoms with van der Waals surface area (Å²) >= 11 is 0. The van der Waals surface area contributed by atoms with E-state index in [0.717, 1.165) is 18.7 Å². The van der Waals surface area contributed by atoms with Gasteiger partial charge >= 0.3 is 0 Å². The van der Waals surface area contributed by atoms with Crippen molar-refractivity contribution in [2.45, 2.75) is 12.6 Å². The summed E-state index contributed by atoms with van der Waals surface area (Å²) < 4.78 is 5.34. The molecule has 1 aliphatic heterocycles. The third-order valence-electron chi connectivity index (χ3n) is 2.92. The number of rotatable bonds is 4. The minimum Gasteiger partial charge on any atom is -0.395 e. The van der Waals surface area contributed by atoms with Gasteiger partial charge in [0.15, 0.2) is 0 Å². The Kier molecular flexibility index (Phi) is 4.27. The van der Waals surface area contributed by atoms with E-state index in [4.69, 9.17) is 10.6 Å². The number of hydrogen-bond acceptors (Lipinski definition) is 6. The second kappa shape index (κ2) is 5.92. The number of nitrogens with one attached hydrogen (secondary N) is 1. The highest BCUT2D eigenvalue weighted by Gasteiger charge is 2.22. The normalized spacial score (nSPS) is 21.4. The molecule has 94 valence electrons. The molecule has 1 fully saturated rings. The van der Waals surface area contributed by atoms with E-state index in [9.17, 15) is 5.11 Å². The first-order chi connectivity index (χ1) is 8.33. The Bertz CT molecular complexity index is 361. The number of aromatic nitrogens is 1. The van der Waals surface area contributed by atoms with E-state index >= 15 is 0 Å². The van der Waals surface area contributed by atoms with E-state index in [-0.39, 0.29) is 12.6 Å². The molecular formula is C11H18N4O2. The number of hydrazine groups is 1. The lowest BCUT2D eigenvalue weighted by Gasteiger charge is -2.34. The van der Waals surface area contributed by atoms with Gasteiger partial charge in [0.25, 0.3) is 0 Å². The van der Waals surface area contributed by atoms with Gasteiger partial charge in [0, 0.05) is 19.3 Å². The van der Waals surface area contributed by atoms with Gasteiger partial charge in [-0.2, -0.15) is 0 Å². The third kappa shape index (κ3) is 3.13. The van der Waals surface area contributed by atoms with E-state index in [1.807, 2.05) is 12.1 Å². The molecule has 1 atom stereocenters. The Morgan fingerprint density at radius 3 is 3.29 bits per heavy atom. The largest absolute Gasteiger partial charge is 0.395 e. The van der Waals surface area contributed by atoms with Crippen LogP contribution in [-0.4, -0.2) is 47.4 Å². The lowest BCUT2D eigenvalue weighted by Crippen LogP contribution is -2.46. The van der Waals surface area contributed by atoms with Gasteiger partial charge in [0.05, 0.1) is 25.9 Å². The van der Waals surface area contributed by atoms with Crippen LogP contribution in [0, 0.1) is 0 Å². The molecule has 1 aromatic rings. The minimum absolute atomic E-state index is 0.0752. The summed E-state index contributed by atoms with van der Waals surface area (Å²) in [6.45, 7) is 3.02. The maximum Gasteiger partial charge on any atom is 0.140 e. The molecule has 6 nitrogen and oxygen atoms in total. The number of nitrogen functional groups attached to an aromatic ring is 1. The first-order valence-corrected chi connectivity index (χ1v) is 5.67. The van der Waals surface area contributed by atoms with E-state index < -0.39 is 0 Å². The molecule has 2 rings (SSSR count). The lowest BCUT2D eigenvalue weighted by atomic mass is 10.2. The number of ether oxygens (including phenoxy) is 1. The topological polar surface area (TPSA) is 83.6 Å². The molecule has 1 unspecified atom stereocenters. The third-order valence-corrected chi connectivity index (χ3v) is 2.92. The van der Waals surface area contributed by atoms with Crippen LogP contribution in [0.2, 0.25) is 0 Å². The zero-order valence-electron chi connectivity index (χ0n) is 9.67. The molecule has 0 spiro atoms. The Morgan fingerprint density at radius 2 is 2.53 bits per heavy atom. The highest BCUT2D eigenvalue weighted by atomic mass is 16.5. The van der Waals surface area contributed by atoms with Gasteiger partial charge in [0.1, 0.15) is 5.82 Å². The molecule has 0 aliphatic carbocycles. The zero-order chi connectivity index (χ0) is 12.1. The summed E-state index contributed by atoms with van der Waals surface area (Å²) in [4.78, 5) is 6.27. The second-order valence-corrected chi connectivity index (χ2v) is 4.08. The van der Waals surface area contributed by atoms with Gasteiger partial charge in [-0.1, -0.05) is 0 Å². The van der Waals surface area contributed by atoms with Gasteiger partial charge in [-0.25, -0.2) is 10.8 Å². The van der Waals surface area contributed by atoms with Crippen LogP contribution in [0.1, 0.15) is 5.56 Å². The van der Waals surface area contributed by atoms with E-state index in [1.165, 1.54) is 0 Å². The van der Waals surface area contributed by atoms with Gasteiger partial charge in [-0.05, 0) is 17.7 Å². The molecule has 0 amide bonds. The van der Waals surface area contributed by atoms with E-state index in [2.05, 4.69) is 15.3 Å². The van der Waals surface area contributed by atoms with Crippen molar-refractivity contribution in [2.75, 3.05) is 31.8 Å². The summed E-state index contributed by atoms with van der Waals surface area (Å²) in [5, 5.41) is 9.27. The molecular weight excluding hydrogens is 220 g/mol. The summed E-state index contributed by atoms with van der Waals surface area (Å²) in [5.74, 6) is 5.97. The highest BCUT2D eigenvalue weighted by molar-refractivity contribution is 5.35. The zero-order valence-corrected chi connectivity index (χ0v) is 9.67. The highest BCUT2D eigenvalue weighted by Crippen LogP contribution is 2.13. The fourth-order valence-corrected chi connectivity index (χ4v) is 1.95. The van der Waals surface area contributed by atoms with Crippen molar-refractivity contribution < 1.29 is 9.84 Å². The van der Waals surface area contributed by atoms with Crippen LogP contribution in [0.15, 0.2) is 18.3 Å². The molecule has 0 bridgehead atoms. The van der Waals surface area contributed by atoms with Crippen molar-refractivity contribution in [2.24, 2.45) is 5.84 Å². The first kappa shape index (κ1) is 12.3. The predicted molar refractivity (Wildman–Crippen MR) is 64.1 cm³/mol. The number of aliphatic hydroxyl groups excluding tert-OH is 1. The summed E-state index contributed by atoms with van der Waals surface area (Å²) in [7, 11) is 0. The van der Waals surface area contributed by atoms with E-state index in [1.54, 1.807) is 6.20 Å². The molecule has 0 saturated carbocycles. The van der Waals surface area contributed by atoms with Crippen LogP contribution < -0.4 is 11.3 Å². The van der Waals surface area contributed by atoms with Gasteiger partial charge in [-0.15, -0.1) is 0 Å². The van der Waals surface area contributed by atoms with Gasteiger partial charge in [0.2, 0.25) is 0 Å². The van der Waals surface area contributed by atoms with Crippen LogP contribution in [0.3, 0.4) is 0 Å². The van der Waals surface area contributed by atoms with Crippen molar-refractivity contribution in [3.63, 3.8) is 0 Å². The minimum atomic E-state index is 0.0752. The number of hydrogen-bond donors (Lipinski definition) is 3. The first-order valence-electron chi connectivity index (χ1n) is 5.67. The number of morpholine rings is 1. The van der Waals surface area contributed by atoms with Crippen molar-refractivity contribution in [3.05, 3.63) is 23.9 Å². The van der Waals surface area contributed by atoms with Crippen LogP contribution >= 0.6 is 0 Å². The Morgan fingerprint density at radius 1 is 1.65 bits per heavy atom. The average Bonchev–Trinajstić information content (AvgIpc) is 2.39. The molecule has 1 saturated heterocycles. The standard InChI is InChI=1S/C11H18N4O2/c12-14-11-5-9(1-2-13-11)6-15-3-4-17-8-10(15)7-16/h1-2,5,10,16H,3-4,6-8,12H2,(H,13,14). The molecule has 0 radical (unpaired) electrons. The number of anilines is 1. The monoisotopic (exact) mass is 238 g/mol. The van der Waals surface area contributed by atoms with Crippen LogP contribution in [0.25, 0.3) is 0 Å². The van der Waals surface area contributed by atoms with Crippen LogP contribution in [0.4, 0.5) is 5.82 Å². The lowest BCUT2D eigenvalue weighted by molar-refractivity contribution is -0.0312. The van der Waals surface area contributed by atoms with Crippen molar-refractivity contribution in [1.82, 2.24) is 9.88 Å². The maximum absolute atomic E-state index is 9.27. The smallest absolute Gasteiger partial charge is 0.140 e. The molecule has 6 heteroatoms. The van der Waals surface area contributed by atoms with Crippen molar-refractivity contribution in [3.8, 4) is 0 Å². The molecule has 17 heavy (non-hydrogen) atoms. The Balaban J connectivity index is 2.02. The molecule has 0 aromatic carbocycles. The molecule has 2 heterocycles. The predicted octanol–water partition coefficient (Wildman–Crippen LogP) is -0.440. The van der Waals surface area contributed by atoms with Crippen LogP contribution in [-0.2, 0) is 11.3 Å². The van der Waals surface area contributed by atoms with Crippen molar-refractivity contribution in [1.29, 1.82) is 0 Å². The van der Waals surface area contributed by atoms with Gasteiger partial charge in [-0.3, -0.25) is 4.90 Å². The van der Waals surface area contributed by atoms with Crippen molar-refractivity contribution >= 4 is 5.82 Å².